The predicted octanol–water partition coefficient (Wildman–Crippen LogP) is 2.32. The van der Waals surface area contributed by atoms with Crippen LogP contribution < -0.4 is 5.32 Å². The number of ether oxygens (including phenoxy) is 2. The molecule has 0 aliphatic carbocycles. The van der Waals surface area contributed by atoms with E-state index in [1.54, 1.807) is 0 Å². The average Bonchev–Trinajstić information content (AvgIpc) is 3.34. The van der Waals surface area contributed by atoms with Crippen LogP contribution in [0.4, 0.5) is 0 Å². The Morgan fingerprint density at radius 1 is 1.04 bits per heavy atom. The second kappa shape index (κ2) is 10.2. The van der Waals surface area contributed by atoms with Gasteiger partial charge in [-0.1, -0.05) is 24.3 Å². The van der Waals surface area contributed by atoms with Crippen molar-refractivity contribution in [2.24, 2.45) is 10.4 Å². The maximum absolute atomic E-state index is 5.64. The van der Waals surface area contributed by atoms with Crippen LogP contribution in [0.3, 0.4) is 0 Å². The molecular formula is C21H33IN4O2. The molecule has 3 heterocycles. The molecule has 0 saturated carbocycles. The summed E-state index contributed by atoms with van der Waals surface area (Å²) >= 11 is 0. The minimum atomic E-state index is 0. The highest BCUT2D eigenvalue weighted by Gasteiger charge is 2.42. The molecule has 1 aromatic rings. The summed E-state index contributed by atoms with van der Waals surface area (Å²) in [5.41, 5.74) is 3.02. The summed E-state index contributed by atoms with van der Waals surface area (Å²) in [7, 11) is 1.88. The lowest BCUT2D eigenvalue weighted by Crippen LogP contribution is -2.41. The Labute approximate surface area is 185 Å². The zero-order valence-corrected chi connectivity index (χ0v) is 19.2. The molecule has 1 N–H and O–H groups in total. The van der Waals surface area contributed by atoms with Crippen LogP contribution in [0.1, 0.15) is 24.0 Å². The van der Waals surface area contributed by atoms with Crippen molar-refractivity contribution in [3.05, 3.63) is 35.4 Å². The molecule has 0 radical (unpaired) electrons. The van der Waals surface area contributed by atoms with Gasteiger partial charge in [-0.15, -0.1) is 24.0 Å². The van der Waals surface area contributed by atoms with Gasteiger partial charge in [0.1, 0.15) is 0 Å². The van der Waals surface area contributed by atoms with E-state index < -0.39 is 0 Å². The van der Waals surface area contributed by atoms with Crippen LogP contribution in [0.25, 0.3) is 0 Å². The summed E-state index contributed by atoms with van der Waals surface area (Å²) in [6.07, 6.45) is 2.40. The summed E-state index contributed by atoms with van der Waals surface area (Å²) in [5.74, 6) is 1.01. The molecule has 3 fully saturated rings. The monoisotopic (exact) mass is 500 g/mol. The second-order valence-corrected chi connectivity index (χ2v) is 8.08. The van der Waals surface area contributed by atoms with Gasteiger partial charge in [-0.25, -0.2) is 0 Å². The number of hydrogen-bond donors (Lipinski definition) is 1. The van der Waals surface area contributed by atoms with Crippen molar-refractivity contribution in [2.45, 2.75) is 25.9 Å². The topological polar surface area (TPSA) is 49.3 Å². The van der Waals surface area contributed by atoms with Gasteiger partial charge in [-0.05, 0) is 24.0 Å². The summed E-state index contributed by atoms with van der Waals surface area (Å²) < 4.78 is 11.1. The first-order chi connectivity index (χ1) is 13.3. The lowest BCUT2D eigenvalue weighted by atomic mass is 9.87. The molecule has 1 aromatic carbocycles. The van der Waals surface area contributed by atoms with E-state index in [4.69, 9.17) is 9.47 Å². The Hall–Kier alpha value is -0.900. The number of halogens is 1. The van der Waals surface area contributed by atoms with Gasteiger partial charge in [0, 0.05) is 58.3 Å². The molecule has 1 spiro atoms. The molecule has 0 bridgehead atoms. The van der Waals surface area contributed by atoms with E-state index >= 15 is 0 Å². The van der Waals surface area contributed by atoms with E-state index in [1.807, 2.05) is 7.05 Å². The van der Waals surface area contributed by atoms with Crippen LogP contribution in [0.5, 0.6) is 0 Å². The number of guanidine groups is 1. The SMILES string of the molecule is CN=C(NCc1ccc(CN2CCOCC2)cc1)N1CCC2(CCOC2)C1.I. The van der Waals surface area contributed by atoms with Crippen LogP contribution in [-0.2, 0) is 22.6 Å². The number of nitrogens with one attached hydrogen (secondary N) is 1. The Morgan fingerprint density at radius 3 is 2.46 bits per heavy atom. The standard InChI is InChI=1S/C21H32N4O2.HI/c1-22-20(25-8-6-21(16-25)7-11-27-17-21)23-14-18-2-4-19(5-3-18)15-24-9-12-26-13-10-24;/h2-5H,6-17H2,1H3,(H,22,23);1H. The molecular weight excluding hydrogens is 467 g/mol. The first-order valence-electron chi connectivity index (χ1n) is 10.2. The van der Waals surface area contributed by atoms with Crippen molar-refractivity contribution in [1.29, 1.82) is 0 Å². The van der Waals surface area contributed by atoms with Crippen molar-refractivity contribution in [3.8, 4) is 0 Å². The molecule has 4 rings (SSSR count). The van der Waals surface area contributed by atoms with Gasteiger partial charge in [0.15, 0.2) is 5.96 Å². The Kier molecular flexibility index (Phi) is 7.96. The Morgan fingerprint density at radius 2 is 1.79 bits per heavy atom. The Bertz CT molecular complexity index is 640. The van der Waals surface area contributed by atoms with Crippen LogP contribution >= 0.6 is 24.0 Å². The van der Waals surface area contributed by atoms with Crippen molar-refractivity contribution >= 4 is 29.9 Å². The maximum Gasteiger partial charge on any atom is 0.193 e. The molecule has 7 heteroatoms. The zero-order chi connectivity index (χ0) is 18.5. The third-order valence-corrected chi connectivity index (χ3v) is 6.12. The highest BCUT2D eigenvalue weighted by molar-refractivity contribution is 14.0. The van der Waals surface area contributed by atoms with E-state index in [0.717, 1.165) is 71.7 Å². The number of benzene rings is 1. The van der Waals surface area contributed by atoms with Gasteiger partial charge in [0.25, 0.3) is 0 Å². The smallest absolute Gasteiger partial charge is 0.193 e. The lowest BCUT2D eigenvalue weighted by Gasteiger charge is -2.26. The number of aliphatic imine (C=N–C) groups is 1. The largest absolute Gasteiger partial charge is 0.381 e. The Balaban J connectivity index is 0.00000225. The fourth-order valence-electron chi connectivity index (χ4n) is 4.38. The van der Waals surface area contributed by atoms with Crippen LogP contribution in [-0.4, -0.2) is 75.4 Å². The fraction of sp³-hybridized carbons (Fsp3) is 0.667. The summed E-state index contributed by atoms with van der Waals surface area (Å²) in [4.78, 5) is 9.35. The third kappa shape index (κ3) is 5.37. The summed E-state index contributed by atoms with van der Waals surface area (Å²) in [6, 6.07) is 8.95. The van der Waals surface area contributed by atoms with Crippen molar-refractivity contribution in [3.63, 3.8) is 0 Å². The number of morpholine rings is 1. The third-order valence-electron chi connectivity index (χ3n) is 6.12. The number of hydrogen-bond acceptors (Lipinski definition) is 4. The number of nitrogens with zero attached hydrogens (tertiary/aromatic N) is 3. The van der Waals surface area contributed by atoms with E-state index in [2.05, 4.69) is 44.4 Å². The molecule has 156 valence electrons. The van der Waals surface area contributed by atoms with Gasteiger partial charge in [0.2, 0.25) is 0 Å². The van der Waals surface area contributed by atoms with Gasteiger partial charge in [-0.2, -0.15) is 0 Å². The molecule has 1 atom stereocenters. The fourth-order valence-corrected chi connectivity index (χ4v) is 4.38. The lowest BCUT2D eigenvalue weighted by molar-refractivity contribution is 0.0342. The highest BCUT2D eigenvalue weighted by atomic mass is 127. The zero-order valence-electron chi connectivity index (χ0n) is 16.9. The average molecular weight is 500 g/mol. The van der Waals surface area contributed by atoms with Gasteiger partial charge in [-0.3, -0.25) is 9.89 Å². The van der Waals surface area contributed by atoms with Crippen LogP contribution in [0.2, 0.25) is 0 Å². The molecule has 6 nitrogen and oxygen atoms in total. The normalized spacial score (nSPS) is 25.9. The highest BCUT2D eigenvalue weighted by Crippen LogP contribution is 2.38. The number of likely N-dealkylation sites (tertiary alicyclic amines) is 1. The predicted molar refractivity (Wildman–Crippen MR) is 122 cm³/mol. The van der Waals surface area contributed by atoms with Crippen LogP contribution in [0.15, 0.2) is 29.3 Å². The maximum atomic E-state index is 5.64. The molecule has 3 aliphatic rings. The minimum absolute atomic E-state index is 0. The molecule has 28 heavy (non-hydrogen) atoms. The van der Waals surface area contributed by atoms with Crippen LogP contribution in [0, 0.1) is 5.41 Å². The van der Waals surface area contributed by atoms with Crippen molar-refractivity contribution in [2.75, 3.05) is 59.7 Å². The first-order valence-corrected chi connectivity index (χ1v) is 10.2. The van der Waals surface area contributed by atoms with Crippen molar-refractivity contribution in [1.82, 2.24) is 15.1 Å². The summed E-state index contributed by atoms with van der Waals surface area (Å²) in [6.45, 7) is 9.54. The van der Waals surface area contributed by atoms with Gasteiger partial charge >= 0.3 is 0 Å². The minimum Gasteiger partial charge on any atom is -0.381 e. The van der Waals surface area contributed by atoms with Crippen molar-refractivity contribution < 1.29 is 9.47 Å². The molecule has 0 amide bonds. The molecule has 1 unspecified atom stereocenters. The summed E-state index contributed by atoms with van der Waals surface area (Å²) in [5, 5.41) is 3.54. The molecule has 3 saturated heterocycles. The second-order valence-electron chi connectivity index (χ2n) is 8.08. The molecule has 3 aliphatic heterocycles. The first kappa shape index (κ1) is 21.8. The number of rotatable bonds is 4. The van der Waals surface area contributed by atoms with Gasteiger partial charge < -0.3 is 19.7 Å². The quantitative estimate of drug-likeness (QED) is 0.391. The van der Waals surface area contributed by atoms with Gasteiger partial charge in [0.05, 0.1) is 19.8 Å². The molecule has 0 aromatic heterocycles. The van der Waals surface area contributed by atoms with E-state index in [0.29, 0.717) is 5.41 Å². The van der Waals surface area contributed by atoms with E-state index in [1.165, 1.54) is 24.0 Å². The van der Waals surface area contributed by atoms with E-state index in [-0.39, 0.29) is 24.0 Å². The van der Waals surface area contributed by atoms with E-state index in [9.17, 15) is 0 Å².